The van der Waals surface area contributed by atoms with E-state index in [2.05, 4.69) is 10.2 Å². The lowest BCUT2D eigenvalue weighted by atomic mass is 9.79. The van der Waals surface area contributed by atoms with Crippen LogP contribution in [0.5, 0.6) is 5.75 Å². The lowest BCUT2D eigenvalue weighted by Gasteiger charge is -2.49. The number of benzene rings is 3. The molecule has 2 aliphatic rings. The number of esters is 1. The molecule has 1 fully saturated rings. The number of carbonyl (C=O) groups is 2. The first kappa shape index (κ1) is 27.0. The van der Waals surface area contributed by atoms with Crippen molar-refractivity contribution in [2.45, 2.75) is 30.6 Å². The van der Waals surface area contributed by atoms with E-state index in [0.717, 1.165) is 0 Å². The average Bonchev–Trinajstić information content (AvgIpc) is 2.92. The highest BCUT2D eigenvalue weighted by Crippen LogP contribution is 2.47. The Bertz CT molecular complexity index is 1600. The lowest BCUT2D eigenvalue weighted by Crippen LogP contribution is -2.61. The highest BCUT2D eigenvalue weighted by Gasteiger charge is 2.55. The Morgan fingerprint density at radius 1 is 0.974 bits per heavy atom. The number of hydrogen-bond acceptors (Lipinski definition) is 6. The number of carbonyl (C=O) groups excluding carboxylic acids is 2. The molecule has 0 radical (unpaired) electrons. The third-order valence-electron chi connectivity index (χ3n) is 6.93. The Kier molecular flexibility index (Phi) is 7.29. The van der Waals surface area contributed by atoms with E-state index in [1.54, 1.807) is 54.6 Å². The van der Waals surface area contributed by atoms with Crippen LogP contribution in [-0.4, -0.2) is 43.5 Å². The van der Waals surface area contributed by atoms with Crippen molar-refractivity contribution in [1.82, 2.24) is 5.32 Å². The number of nitrogens with zero attached hydrogens (tertiary/aromatic N) is 1. The maximum Gasteiger partial charge on any atom is 0.338 e. The average molecular weight is 585 g/mol. The predicted molar refractivity (Wildman–Crippen MR) is 146 cm³/mol. The van der Waals surface area contributed by atoms with E-state index in [1.165, 1.54) is 12.1 Å². The van der Waals surface area contributed by atoms with Crippen LogP contribution in [0, 0.1) is 6.57 Å². The molecule has 0 aliphatic carbocycles. The van der Waals surface area contributed by atoms with Crippen LogP contribution in [0.1, 0.15) is 45.2 Å². The summed E-state index contributed by atoms with van der Waals surface area (Å²) in [4.78, 5) is 30.3. The van der Waals surface area contributed by atoms with Crippen LogP contribution in [0.25, 0.3) is 4.85 Å². The van der Waals surface area contributed by atoms with Gasteiger partial charge >= 0.3 is 5.97 Å². The van der Waals surface area contributed by atoms with Crippen LogP contribution in [0.15, 0.2) is 66.7 Å². The number of hydrogen-bond donors (Lipinski definition) is 1. The topological polar surface area (TPSA) is 103 Å². The fourth-order valence-corrected chi connectivity index (χ4v) is 6.84. The minimum Gasteiger partial charge on any atom is -0.483 e. The van der Waals surface area contributed by atoms with Crippen LogP contribution >= 0.6 is 23.2 Å². The SMILES string of the molecule is [C-]#[N+]c1ccc2c(c1)[C@@H](NC(=O)c1cccc(Cl)c1)[C@H](OC(=O)c1cccc(Cl)c1)C1(CCS(=O)(=O)CC1)O2. The summed E-state index contributed by atoms with van der Waals surface area (Å²) in [5.41, 5.74) is -0.0691. The van der Waals surface area contributed by atoms with E-state index in [9.17, 15) is 18.0 Å². The third-order valence-corrected chi connectivity index (χ3v) is 9.05. The zero-order valence-corrected chi connectivity index (χ0v) is 22.7. The second kappa shape index (κ2) is 10.5. The Hall–Kier alpha value is -3.58. The number of amides is 1. The molecule has 200 valence electrons. The molecular formula is C28H22Cl2N2O6S. The molecule has 0 saturated carbocycles. The number of ether oxygens (including phenoxy) is 2. The fraction of sp³-hybridized carbons (Fsp3) is 0.250. The van der Waals surface area contributed by atoms with Gasteiger partial charge in [-0.1, -0.05) is 41.4 Å². The van der Waals surface area contributed by atoms with Crippen molar-refractivity contribution >= 4 is 50.6 Å². The van der Waals surface area contributed by atoms with Gasteiger partial charge in [0.05, 0.1) is 29.7 Å². The Morgan fingerprint density at radius 2 is 1.62 bits per heavy atom. The molecule has 11 heteroatoms. The highest BCUT2D eigenvalue weighted by atomic mass is 35.5. The molecule has 0 bridgehead atoms. The van der Waals surface area contributed by atoms with Crippen molar-refractivity contribution in [2.24, 2.45) is 0 Å². The number of sulfone groups is 1. The summed E-state index contributed by atoms with van der Waals surface area (Å²) in [7, 11) is -3.32. The Morgan fingerprint density at radius 3 is 2.26 bits per heavy atom. The van der Waals surface area contributed by atoms with Gasteiger partial charge in [0.15, 0.2) is 27.2 Å². The molecule has 8 nitrogen and oxygen atoms in total. The van der Waals surface area contributed by atoms with Crippen molar-refractivity contribution in [3.05, 3.63) is 105 Å². The molecule has 2 heterocycles. The van der Waals surface area contributed by atoms with Crippen LogP contribution in [0.4, 0.5) is 5.69 Å². The molecule has 39 heavy (non-hydrogen) atoms. The van der Waals surface area contributed by atoms with E-state index >= 15 is 0 Å². The third kappa shape index (κ3) is 5.59. The molecule has 1 saturated heterocycles. The van der Waals surface area contributed by atoms with Crippen molar-refractivity contribution in [1.29, 1.82) is 0 Å². The van der Waals surface area contributed by atoms with Gasteiger partial charge in [0.25, 0.3) is 5.91 Å². The van der Waals surface area contributed by atoms with Gasteiger partial charge in [-0.15, -0.1) is 0 Å². The van der Waals surface area contributed by atoms with Gasteiger partial charge in [-0.25, -0.2) is 18.1 Å². The first-order valence-electron chi connectivity index (χ1n) is 12.0. The van der Waals surface area contributed by atoms with E-state index in [0.29, 0.717) is 27.0 Å². The van der Waals surface area contributed by atoms with E-state index in [4.69, 9.17) is 39.2 Å². The highest BCUT2D eigenvalue weighted by molar-refractivity contribution is 7.91. The molecule has 3 aromatic rings. The number of rotatable bonds is 4. The number of nitrogens with one attached hydrogen (secondary N) is 1. The second-order valence-corrected chi connectivity index (χ2v) is 12.6. The molecule has 1 spiro atoms. The molecule has 1 N–H and O–H groups in total. The van der Waals surface area contributed by atoms with Gasteiger partial charge in [-0.05, 0) is 48.5 Å². The van der Waals surface area contributed by atoms with Crippen LogP contribution in [0.2, 0.25) is 10.0 Å². The predicted octanol–water partition coefficient (Wildman–Crippen LogP) is 5.58. The molecule has 3 aromatic carbocycles. The molecule has 2 aliphatic heterocycles. The summed E-state index contributed by atoms with van der Waals surface area (Å²) >= 11 is 12.2. The van der Waals surface area contributed by atoms with Crippen molar-refractivity contribution in [3.63, 3.8) is 0 Å². The second-order valence-electron chi connectivity index (χ2n) is 9.45. The summed E-state index contributed by atoms with van der Waals surface area (Å²) in [6.45, 7) is 7.47. The molecule has 1 amide bonds. The Labute approximate surface area is 235 Å². The van der Waals surface area contributed by atoms with Crippen molar-refractivity contribution in [2.75, 3.05) is 11.5 Å². The zero-order valence-electron chi connectivity index (χ0n) is 20.4. The molecular weight excluding hydrogens is 563 g/mol. The summed E-state index contributed by atoms with van der Waals surface area (Å²) in [5, 5.41) is 3.65. The number of fused-ring (bicyclic) bond motifs is 1. The minimum absolute atomic E-state index is 0.0381. The quantitative estimate of drug-likeness (QED) is 0.317. The Balaban J connectivity index is 1.62. The van der Waals surface area contributed by atoms with Crippen molar-refractivity contribution in [3.8, 4) is 5.75 Å². The monoisotopic (exact) mass is 584 g/mol. The smallest absolute Gasteiger partial charge is 0.338 e. The first-order chi connectivity index (χ1) is 18.6. The maximum atomic E-state index is 13.4. The van der Waals surface area contributed by atoms with Gasteiger partial charge in [-0.2, -0.15) is 0 Å². The molecule has 5 rings (SSSR count). The van der Waals surface area contributed by atoms with Gasteiger partial charge in [-0.3, -0.25) is 4.79 Å². The van der Waals surface area contributed by atoms with E-state index in [1.807, 2.05) is 0 Å². The summed E-state index contributed by atoms with van der Waals surface area (Å²) < 4.78 is 37.2. The van der Waals surface area contributed by atoms with Gasteiger partial charge in [0.2, 0.25) is 0 Å². The molecule has 2 atom stereocenters. The van der Waals surface area contributed by atoms with Crippen LogP contribution in [-0.2, 0) is 14.6 Å². The van der Waals surface area contributed by atoms with Crippen LogP contribution < -0.4 is 10.1 Å². The summed E-state index contributed by atoms with van der Waals surface area (Å²) in [6.07, 6.45) is -1.05. The lowest BCUT2D eigenvalue weighted by molar-refractivity contribution is -0.101. The zero-order chi connectivity index (χ0) is 27.8. The first-order valence-corrected chi connectivity index (χ1v) is 14.6. The maximum absolute atomic E-state index is 13.4. The van der Waals surface area contributed by atoms with E-state index < -0.39 is 39.5 Å². The van der Waals surface area contributed by atoms with Crippen LogP contribution in [0.3, 0.4) is 0 Å². The summed E-state index contributed by atoms with van der Waals surface area (Å²) in [5.74, 6) is -1.20. The molecule has 0 aromatic heterocycles. The van der Waals surface area contributed by atoms with Gasteiger partial charge in [0, 0.05) is 34.0 Å². The number of halogens is 2. The van der Waals surface area contributed by atoms with E-state index in [-0.39, 0.29) is 35.5 Å². The standard InChI is InChI=1S/C28H22Cl2N2O6S/c1-31-21-8-9-23-22(16-21)24(32-26(33)17-4-2-6-19(29)14-17)25(28(38-23)10-12-39(35,36)13-11-28)37-27(34)18-5-3-7-20(30)15-18/h2-9,14-16,24-25H,10-13H2,(H,32,33)/t24-,25+/m1/s1. The van der Waals surface area contributed by atoms with Gasteiger partial charge < -0.3 is 14.8 Å². The minimum atomic E-state index is -3.32. The fourth-order valence-electron chi connectivity index (χ4n) is 4.94. The molecule has 0 unspecified atom stereocenters. The normalized spacial score (nSPS) is 20.6. The van der Waals surface area contributed by atoms with Crippen molar-refractivity contribution < 1.29 is 27.5 Å². The largest absolute Gasteiger partial charge is 0.483 e. The van der Waals surface area contributed by atoms with Gasteiger partial charge in [0.1, 0.15) is 5.75 Å². The summed E-state index contributed by atoms with van der Waals surface area (Å²) in [6, 6.07) is 16.4.